The third-order valence-electron chi connectivity index (χ3n) is 4.40. The first kappa shape index (κ1) is 18.0. The van der Waals surface area contributed by atoms with E-state index in [1.54, 1.807) is 4.90 Å². The average Bonchev–Trinajstić information content (AvgIpc) is 2.83. The number of hydrogen-bond acceptors (Lipinski definition) is 3. The number of aliphatic hydroxyl groups excluding tert-OH is 1. The van der Waals surface area contributed by atoms with Gasteiger partial charge < -0.3 is 15.3 Å². The molecule has 0 aliphatic carbocycles. The Morgan fingerprint density at radius 3 is 2.65 bits per heavy atom. The standard InChI is InChI=1S/C19H30N2O2/c1-14-7-5-8-15(11-14)18(19(2,3)4)20-12-16(22)13-21-10-6-9-17(21)23/h5,7-8,11,16,18,20,22H,6,9-10,12-13H2,1-4H3. The molecule has 2 unspecified atom stereocenters. The molecule has 2 N–H and O–H groups in total. The smallest absolute Gasteiger partial charge is 0.222 e. The Morgan fingerprint density at radius 1 is 1.35 bits per heavy atom. The molecule has 1 aliphatic heterocycles. The molecule has 0 radical (unpaired) electrons. The molecule has 23 heavy (non-hydrogen) atoms. The van der Waals surface area contributed by atoms with Gasteiger partial charge in [0.1, 0.15) is 0 Å². The molecule has 1 saturated heterocycles. The Hall–Kier alpha value is -1.39. The predicted octanol–water partition coefficient (Wildman–Crippen LogP) is 2.66. The van der Waals surface area contributed by atoms with E-state index in [1.165, 1.54) is 11.1 Å². The zero-order valence-corrected chi connectivity index (χ0v) is 14.8. The van der Waals surface area contributed by atoms with Gasteiger partial charge in [-0.1, -0.05) is 50.6 Å². The molecule has 0 saturated carbocycles. The molecule has 1 fully saturated rings. The van der Waals surface area contributed by atoms with E-state index in [1.807, 2.05) is 0 Å². The molecule has 1 heterocycles. The molecular weight excluding hydrogens is 288 g/mol. The normalized spacial score (nSPS) is 18.3. The van der Waals surface area contributed by atoms with Crippen molar-refractivity contribution in [1.29, 1.82) is 0 Å². The van der Waals surface area contributed by atoms with Crippen molar-refractivity contribution in [3.8, 4) is 0 Å². The van der Waals surface area contributed by atoms with Crippen LogP contribution in [0.25, 0.3) is 0 Å². The number of rotatable bonds is 6. The summed E-state index contributed by atoms with van der Waals surface area (Å²) in [7, 11) is 0. The molecule has 128 valence electrons. The van der Waals surface area contributed by atoms with Gasteiger partial charge in [0, 0.05) is 32.1 Å². The molecule has 4 nitrogen and oxygen atoms in total. The van der Waals surface area contributed by atoms with Crippen LogP contribution in [0.4, 0.5) is 0 Å². The van der Waals surface area contributed by atoms with Crippen LogP contribution in [0.2, 0.25) is 0 Å². The summed E-state index contributed by atoms with van der Waals surface area (Å²) in [5, 5.41) is 13.8. The molecular formula is C19H30N2O2. The number of carbonyl (C=O) groups is 1. The van der Waals surface area contributed by atoms with E-state index >= 15 is 0 Å². The van der Waals surface area contributed by atoms with E-state index in [2.05, 4.69) is 57.3 Å². The Kier molecular flexibility index (Phi) is 5.82. The Bertz CT molecular complexity index is 536. The van der Waals surface area contributed by atoms with E-state index in [-0.39, 0.29) is 17.4 Å². The van der Waals surface area contributed by atoms with Gasteiger partial charge in [0.25, 0.3) is 0 Å². The summed E-state index contributed by atoms with van der Waals surface area (Å²) in [6.07, 6.45) is 0.993. The van der Waals surface area contributed by atoms with E-state index in [0.29, 0.717) is 19.5 Å². The molecule has 0 spiro atoms. The Morgan fingerprint density at radius 2 is 2.09 bits per heavy atom. The summed E-state index contributed by atoms with van der Waals surface area (Å²) < 4.78 is 0. The zero-order valence-electron chi connectivity index (χ0n) is 14.8. The van der Waals surface area contributed by atoms with Crippen LogP contribution in [0.3, 0.4) is 0 Å². The van der Waals surface area contributed by atoms with Gasteiger partial charge in [-0.25, -0.2) is 0 Å². The maximum atomic E-state index is 11.7. The molecule has 2 atom stereocenters. The lowest BCUT2D eigenvalue weighted by Crippen LogP contribution is -2.42. The minimum Gasteiger partial charge on any atom is -0.390 e. The summed E-state index contributed by atoms with van der Waals surface area (Å²) in [6, 6.07) is 8.65. The zero-order chi connectivity index (χ0) is 17.0. The molecule has 0 aromatic heterocycles. The average molecular weight is 318 g/mol. The van der Waals surface area contributed by atoms with Crippen LogP contribution in [0.5, 0.6) is 0 Å². The summed E-state index contributed by atoms with van der Waals surface area (Å²) >= 11 is 0. The van der Waals surface area contributed by atoms with Crippen molar-refractivity contribution in [2.24, 2.45) is 5.41 Å². The first-order valence-corrected chi connectivity index (χ1v) is 8.53. The fraction of sp³-hybridized carbons (Fsp3) is 0.632. The van der Waals surface area contributed by atoms with Crippen molar-refractivity contribution in [1.82, 2.24) is 10.2 Å². The second-order valence-corrected chi connectivity index (χ2v) is 7.72. The highest BCUT2D eigenvalue weighted by molar-refractivity contribution is 5.78. The van der Waals surface area contributed by atoms with Crippen molar-refractivity contribution in [2.45, 2.75) is 52.7 Å². The molecule has 1 aromatic rings. The maximum absolute atomic E-state index is 11.7. The molecule has 4 heteroatoms. The molecule has 1 aliphatic rings. The second kappa shape index (κ2) is 7.45. The quantitative estimate of drug-likeness (QED) is 0.848. The van der Waals surface area contributed by atoms with Crippen molar-refractivity contribution in [2.75, 3.05) is 19.6 Å². The fourth-order valence-corrected chi connectivity index (χ4v) is 3.24. The lowest BCUT2D eigenvalue weighted by molar-refractivity contribution is -0.128. The van der Waals surface area contributed by atoms with Crippen LogP contribution in [0.15, 0.2) is 24.3 Å². The predicted molar refractivity (Wildman–Crippen MR) is 93.2 cm³/mol. The highest BCUT2D eigenvalue weighted by Crippen LogP contribution is 2.33. The highest BCUT2D eigenvalue weighted by Gasteiger charge is 2.28. The summed E-state index contributed by atoms with van der Waals surface area (Å²) in [4.78, 5) is 13.4. The van der Waals surface area contributed by atoms with Gasteiger partial charge >= 0.3 is 0 Å². The van der Waals surface area contributed by atoms with Crippen molar-refractivity contribution < 1.29 is 9.90 Å². The number of benzene rings is 1. The first-order chi connectivity index (χ1) is 10.8. The van der Waals surface area contributed by atoms with Crippen LogP contribution in [0, 0.1) is 12.3 Å². The number of aryl methyl sites for hydroxylation is 1. The number of hydrogen-bond donors (Lipinski definition) is 2. The Labute approximate surface area is 139 Å². The number of likely N-dealkylation sites (tertiary alicyclic amines) is 1. The number of carbonyl (C=O) groups excluding carboxylic acids is 1. The number of nitrogens with one attached hydrogen (secondary N) is 1. The van der Waals surface area contributed by atoms with E-state index < -0.39 is 6.10 Å². The van der Waals surface area contributed by atoms with Crippen molar-refractivity contribution >= 4 is 5.91 Å². The second-order valence-electron chi connectivity index (χ2n) is 7.72. The minimum atomic E-state index is -0.535. The maximum Gasteiger partial charge on any atom is 0.222 e. The number of β-amino-alcohol motifs (C(OH)–C–C–N with tert-alkyl or cyclic N) is 1. The van der Waals surface area contributed by atoms with Crippen LogP contribution < -0.4 is 5.32 Å². The summed E-state index contributed by atoms with van der Waals surface area (Å²) in [6.45, 7) is 10.4. The number of aliphatic hydroxyl groups is 1. The lowest BCUT2D eigenvalue weighted by Gasteiger charge is -2.33. The van der Waals surface area contributed by atoms with Gasteiger partial charge in [-0.3, -0.25) is 4.79 Å². The van der Waals surface area contributed by atoms with E-state index in [9.17, 15) is 9.90 Å². The van der Waals surface area contributed by atoms with Gasteiger partial charge in [0.2, 0.25) is 5.91 Å². The molecule has 1 amide bonds. The molecule has 1 aromatic carbocycles. The SMILES string of the molecule is Cc1cccc(C(NCC(O)CN2CCCC2=O)C(C)(C)C)c1. The monoisotopic (exact) mass is 318 g/mol. The van der Waals surface area contributed by atoms with Crippen molar-refractivity contribution in [3.63, 3.8) is 0 Å². The number of nitrogens with zero attached hydrogens (tertiary/aromatic N) is 1. The van der Waals surface area contributed by atoms with E-state index in [4.69, 9.17) is 0 Å². The fourth-order valence-electron chi connectivity index (χ4n) is 3.24. The third kappa shape index (κ3) is 5.05. The van der Waals surface area contributed by atoms with Gasteiger partial charge in [0.15, 0.2) is 0 Å². The minimum absolute atomic E-state index is 0.0387. The van der Waals surface area contributed by atoms with Gasteiger partial charge in [-0.2, -0.15) is 0 Å². The van der Waals surface area contributed by atoms with Crippen LogP contribution >= 0.6 is 0 Å². The molecule has 2 rings (SSSR count). The lowest BCUT2D eigenvalue weighted by atomic mass is 9.82. The van der Waals surface area contributed by atoms with Crippen molar-refractivity contribution in [3.05, 3.63) is 35.4 Å². The third-order valence-corrected chi connectivity index (χ3v) is 4.40. The van der Waals surface area contributed by atoms with E-state index in [0.717, 1.165) is 13.0 Å². The van der Waals surface area contributed by atoms with Crippen LogP contribution in [-0.4, -0.2) is 41.7 Å². The van der Waals surface area contributed by atoms with Gasteiger partial charge in [0.05, 0.1) is 6.10 Å². The largest absolute Gasteiger partial charge is 0.390 e. The molecule has 0 bridgehead atoms. The highest BCUT2D eigenvalue weighted by atomic mass is 16.3. The van der Waals surface area contributed by atoms with Gasteiger partial charge in [-0.05, 0) is 24.3 Å². The summed E-state index contributed by atoms with van der Waals surface area (Å²) in [5.74, 6) is 0.162. The Balaban J connectivity index is 1.97. The van der Waals surface area contributed by atoms with Crippen LogP contribution in [-0.2, 0) is 4.79 Å². The topological polar surface area (TPSA) is 52.6 Å². The van der Waals surface area contributed by atoms with Crippen LogP contribution in [0.1, 0.15) is 50.8 Å². The van der Waals surface area contributed by atoms with Gasteiger partial charge in [-0.15, -0.1) is 0 Å². The number of amides is 1. The summed E-state index contributed by atoms with van der Waals surface area (Å²) in [5.41, 5.74) is 2.51. The first-order valence-electron chi connectivity index (χ1n) is 8.53.